The second-order valence-electron chi connectivity index (χ2n) is 7.47. The summed E-state index contributed by atoms with van der Waals surface area (Å²) in [5.74, 6) is 1.17. The summed E-state index contributed by atoms with van der Waals surface area (Å²) >= 11 is 3.40. The van der Waals surface area contributed by atoms with Gasteiger partial charge in [0.25, 0.3) is 5.91 Å². The van der Waals surface area contributed by atoms with Crippen molar-refractivity contribution in [3.63, 3.8) is 0 Å². The first-order chi connectivity index (χ1) is 12.1. The van der Waals surface area contributed by atoms with Crippen molar-refractivity contribution in [3.8, 4) is 0 Å². The zero-order valence-corrected chi connectivity index (χ0v) is 17.7. The summed E-state index contributed by atoms with van der Waals surface area (Å²) < 4.78 is 11.6. The van der Waals surface area contributed by atoms with Crippen LogP contribution in [0.4, 0.5) is 4.79 Å². The number of hydrogen-bond acceptors (Lipinski definition) is 5. The van der Waals surface area contributed by atoms with Gasteiger partial charge in [0.2, 0.25) is 0 Å². The van der Waals surface area contributed by atoms with E-state index in [0.29, 0.717) is 41.2 Å². The van der Waals surface area contributed by atoms with Crippen LogP contribution in [0.2, 0.25) is 0 Å². The number of rotatable bonds is 4. The second-order valence-corrected chi connectivity index (χ2v) is 8.26. The second kappa shape index (κ2) is 8.43. The number of carbonyl (C=O) groups is 2. The van der Waals surface area contributed by atoms with Gasteiger partial charge in [-0.25, -0.2) is 4.79 Å². The molecule has 0 saturated carbocycles. The average Bonchev–Trinajstić information content (AvgIpc) is 2.79. The summed E-state index contributed by atoms with van der Waals surface area (Å²) in [6.07, 6.45) is -0.263. The van der Waals surface area contributed by atoms with Crippen LogP contribution in [-0.4, -0.2) is 66.7 Å². The third-order valence-electron chi connectivity index (χ3n) is 4.15. The van der Waals surface area contributed by atoms with Crippen LogP contribution < -0.4 is 5.32 Å². The molecule has 0 aromatic carbocycles. The van der Waals surface area contributed by atoms with Crippen LogP contribution in [-0.2, 0) is 4.74 Å². The fraction of sp³-hybridized carbons (Fsp3) is 0.667. The fourth-order valence-corrected chi connectivity index (χ4v) is 3.35. The van der Waals surface area contributed by atoms with Gasteiger partial charge in [-0.1, -0.05) is 0 Å². The number of hydrogen-bond donors (Lipinski definition) is 1. The lowest BCUT2D eigenvalue weighted by atomic mass is 10.2. The monoisotopic (exact) mass is 429 g/mol. The Balaban J connectivity index is 1.73. The number of furan rings is 1. The van der Waals surface area contributed by atoms with Gasteiger partial charge < -0.3 is 19.4 Å². The molecule has 0 bridgehead atoms. The van der Waals surface area contributed by atoms with Gasteiger partial charge in [0.15, 0.2) is 0 Å². The van der Waals surface area contributed by atoms with E-state index in [2.05, 4.69) is 26.1 Å². The highest BCUT2D eigenvalue weighted by Crippen LogP contribution is 2.27. The SMILES string of the molecule is Cc1oc(C)c(C(=O)NCCN2CCN(C(=O)OC(C)(C)C)CC2)c1Br. The van der Waals surface area contributed by atoms with Crippen molar-refractivity contribution in [2.45, 2.75) is 40.2 Å². The van der Waals surface area contributed by atoms with E-state index < -0.39 is 5.60 Å². The van der Waals surface area contributed by atoms with Gasteiger partial charge in [-0.2, -0.15) is 0 Å². The lowest BCUT2D eigenvalue weighted by Gasteiger charge is -2.35. The lowest BCUT2D eigenvalue weighted by Crippen LogP contribution is -2.51. The molecule has 1 N–H and O–H groups in total. The summed E-state index contributed by atoms with van der Waals surface area (Å²) in [5.41, 5.74) is 0.0772. The molecule has 0 unspecified atom stereocenters. The molecule has 0 atom stereocenters. The van der Waals surface area contributed by atoms with Crippen LogP contribution in [0.25, 0.3) is 0 Å². The Bertz CT molecular complexity index is 658. The van der Waals surface area contributed by atoms with Crippen LogP contribution in [0.15, 0.2) is 8.89 Å². The first-order valence-corrected chi connectivity index (χ1v) is 9.62. The summed E-state index contributed by atoms with van der Waals surface area (Å²) in [5, 5.41) is 2.93. The molecule has 2 amide bonds. The highest BCUT2D eigenvalue weighted by atomic mass is 79.9. The Kier molecular flexibility index (Phi) is 6.74. The van der Waals surface area contributed by atoms with E-state index in [-0.39, 0.29) is 12.0 Å². The molecule has 2 rings (SSSR count). The molecule has 146 valence electrons. The molecule has 1 aliphatic rings. The van der Waals surface area contributed by atoms with Gasteiger partial charge in [0.05, 0.1) is 10.0 Å². The van der Waals surface area contributed by atoms with Crippen molar-refractivity contribution in [2.24, 2.45) is 0 Å². The Labute approximate surface area is 163 Å². The third-order valence-corrected chi connectivity index (χ3v) is 5.11. The van der Waals surface area contributed by atoms with Gasteiger partial charge >= 0.3 is 6.09 Å². The van der Waals surface area contributed by atoms with Crippen molar-refractivity contribution in [3.05, 3.63) is 21.6 Å². The van der Waals surface area contributed by atoms with E-state index in [4.69, 9.17) is 9.15 Å². The quantitative estimate of drug-likeness (QED) is 0.795. The van der Waals surface area contributed by atoms with Crippen LogP contribution in [0, 0.1) is 13.8 Å². The predicted octanol–water partition coefficient (Wildman–Crippen LogP) is 2.94. The molecule has 8 heteroatoms. The molecular weight excluding hydrogens is 402 g/mol. The zero-order valence-electron chi connectivity index (χ0n) is 16.1. The van der Waals surface area contributed by atoms with Crippen LogP contribution in [0.3, 0.4) is 0 Å². The molecule has 0 radical (unpaired) electrons. The van der Waals surface area contributed by atoms with Crippen molar-refractivity contribution in [1.82, 2.24) is 15.1 Å². The molecule has 1 saturated heterocycles. The number of ether oxygens (including phenoxy) is 1. The Morgan fingerprint density at radius 1 is 1.15 bits per heavy atom. The molecule has 7 nitrogen and oxygen atoms in total. The maximum absolute atomic E-state index is 12.3. The van der Waals surface area contributed by atoms with Gasteiger partial charge in [0.1, 0.15) is 17.1 Å². The van der Waals surface area contributed by atoms with Crippen molar-refractivity contribution >= 4 is 27.9 Å². The number of piperazine rings is 1. The van der Waals surface area contributed by atoms with Crippen molar-refractivity contribution in [1.29, 1.82) is 0 Å². The Morgan fingerprint density at radius 2 is 1.77 bits per heavy atom. The molecule has 0 aliphatic carbocycles. The van der Waals surface area contributed by atoms with Crippen LogP contribution >= 0.6 is 15.9 Å². The maximum atomic E-state index is 12.3. The largest absolute Gasteiger partial charge is 0.465 e. The molecular formula is C18H28BrN3O4. The summed E-state index contributed by atoms with van der Waals surface area (Å²) in [6, 6.07) is 0. The summed E-state index contributed by atoms with van der Waals surface area (Å²) in [7, 11) is 0. The van der Waals surface area contributed by atoms with Crippen molar-refractivity contribution < 1.29 is 18.7 Å². The first kappa shape index (κ1) is 20.8. The molecule has 2 heterocycles. The minimum absolute atomic E-state index is 0.140. The Morgan fingerprint density at radius 3 is 2.27 bits per heavy atom. The van der Waals surface area contributed by atoms with E-state index in [1.165, 1.54) is 0 Å². The van der Waals surface area contributed by atoms with E-state index in [1.54, 1.807) is 11.8 Å². The minimum Gasteiger partial charge on any atom is -0.465 e. The summed E-state index contributed by atoms with van der Waals surface area (Å²) in [4.78, 5) is 28.3. The number of halogens is 1. The number of carbonyl (C=O) groups excluding carboxylic acids is 2. The molecule has 1 aromatic heterocycles. The highest BCUT2D eigenvalue weighted by Gasteiger charge is 2.26. The van der Waals surface area contributed by atoms with Crippen molar-refractivity contribution in [2.75, 3.05) is 39.3 Å². The molecule has 1 fully saturated rings. The third kappa shape index (κ3) is 5.48. The standard InChI is InChI=1S/C18H28BrN3O4/c1-12-14(15(19)13(2)25-12)16(23)20-6-7-21-8-10-22(11-9-21)17(24)26-18(3,4)5/h6-11H2,1-5H3,(H,20,23). The van der Waals surface area contributed by atoms with Gasteiger partial charge in [-0.05, 0) is 50.5 Å². The highest BCUT2D eigenvalue weighted by molar-refractivity contribution is 9.10. The molecule has 26 heavy (non-hydrogen) atoms. The van der Waals surface area contributed by atoms with Gasteiger partial charge in [0, 0.05) is 39.3 Å². The molecule has 0 spiro atoms. The van der Waals surface area contributed by atoms with Gasteiger partial charge in [-0.15, -0.1) is 0 Å². The topological polar surface area (TPSA) is 75.0 Å². The summed E-state index contributed by atoms with van der Waals surface area (Å²) in [6.45, 7) is 13.3. The normalized spacial score (nSPS) is 15.8. The van der Waals surface area contributed by atoms with E-state index in [1.807, 2.05) is 27.7 Å². The zero-order chi connectivity index (χ0) is 19.5. The number of aryl methyl sites for hydroxylation is 2. The first-order valence-electron chi connectivity index (χ1n) is 8.82. The Hall–Kier alpha value is -1.54. The van der Waals surface area contributed by atoms with Crippen LogP contribution in [0.1, 0.15) is 42.6 Å². The lowest BCUT2D eigenvalue weighted by molar-refractivity contribution is 0.0147. The van der Waals surface area contributed by atoms with E-state index in [0.717, 1.165) is 19.6 Å². The average molecular weight is 430 g/mol. The van der Waals surface area contributed by atoms with Gasteiger partial charge in [-0.3, -0.25) is 9.69 Å². The predicted molar refractivity (Wildman–Crippen MR) is 102 cm³/mol. The minimum atomic E-state index is -0.476. The maximum Gasteiger partial charge on any atom is 0.410 e. The van der Waals surface area contributed by atoms with Crippen LogP contribution in [0.5, 0.6) is 0 Å². The molecule has 1 aliphatic heterocycles. The number of nitrogens with one attached hydrogen (secondary N) is 1. The van der Waals surface area contributed by atoms with E-state index in [9.17, 15) is 9.59 Å². The number of amides is 2. The fourth-order valence-electron chi connectivity index (χ4n) is 2.81. The molecule has 1 aromatic rings. The number of nitrogens with zero attached hydrogens (tertiary/aromatic N) is 2. The smallest absolute Gasteiger partial charge is 0.410 e. The van der Waals surface area contributed by atoms with E-state index >= 15 is 0 Å².